The summed E-state index contributed by atoms with van der Waals surface area (Å²) in [6.45, 7) is 8.71. The Morgan fingerprint density at radius 3 is 2.75 bits per heavy atom. The molecule has 0 spiro atoms. The molecule has 0 fully saturated rings. The van der Waals surface area contributed by atoms with Crippen LogP contribution in [0.15, 0.2) is 36.5 Å². The quantitative estimate of drug-likeness (QED) is 0.632. The summed E-state index contributed by atoms with van der Waals surface area (Å²) < 4.78 is 2.54. The Labute approximate surface area is 167 Å². The Morgan fingerprint density at radius 2 is 1.96 bits per heavy atom. The van der Waals surface area contributed by atoms with Crippen LogP contribution in [0.2, 0.25) is 0 Å². The molecule has 28 heavy (non-hydrogen) atoms. The van der Waals surface area contributed by atoms with E-state index < -0.39 is 0 Å². The van der Waals surface area contributed by atoms with Gasteiger partial charge in [-0.1, -0.05) is 17.7 Å². The minimum absolute atomic E-state index is 0.295. The van der Waals surface area contributed by atoms with Crippen LogP contribution in [0.4, 0.5) is 0 Å². The van der Waals surface area contributed by atoms with Gasteiger partial charge in [0.25, 0.3) is 0 Å². The van der Waals surface area contributed by atoms with E-state index in [1.165, 1.54) is 27.7 Å². The van der Waals surface area contributed by atoms with Crippen LogP contribution in [0.3, 0.4) is 0 Å². The van der Waals surface area contributed by atoms with Crippen molar-refractivity contribution < 1.29 is 5.11 Å². The molecule has 1 aliphatic heterocycles. The van der Waals surface area contributed by atoms with E-state index in [1.54, 1.807) is 5.56 Å². The fourth-order valence-corrected chi connectivity index (χ4v) is 4.39. The molecule has 0 saturated carbocycles. The second kappa shape index (κ2) is 8.46. The predicted octanol–water partition coefficient (Wildman–Crippen LogP) is 4.03. The normalized spacial score (nSPS) is 14.5. The number of aliphatic hydroxyl groups excluding tert-OH is 1. The molecule has 148 valence electrons. The highest BCUT2D eigenvalue weighted by Crippen LogP contribution is 2.32. The van der Waals surface area contributed by atoms with Crippen molar-refractivity contribution in [2.24, 2.45) is 0 Å². The zero-order valence-corrected chi connectivity index (χ0v) is 17.1. The molecular formula is C24H31N3O. The summed E-state index contributed by atoms with van der Waals surface area (Å²) >= 11 is 0. The van der Waals surface area contributed by atoms with Crippen LogP contribution >= 0.6 is 0 Å². The third-order valence-electron chi connectivity index (χ3n) is 5.97. The maximum Gasteiger partial charge on any atom is 0.0486 e. The third-order valence-corrected chi connectivity index (χ3v) is 5.97. The zero-order chi connectivity index (χ0) is 19.5. The number of hydrogen-bond acceptors (Lipinski definition) is 3. The molecule has 0 atom stereocenters. The molecule has 0 radical (unpaired) electrons. The van der Waals surface area contributed by atoms with Crippen LogP contribution in [0.5, 0.6) is 0 Å². The minimum atomic E-state index is 0.295. The molecule has 3 heterocycles. The first-order valence-corrected chi connectivity index (χ1v) is 10.5. The summed E-state index contributed by atoms with van der Waals surface area (Å²) in [6.07, 6.45) is 6.10. The largest absolute Gasteiger partial charge is 0.396 e. The average Bonchev–Trinajstić information content (AvgIpc) is 3.00. The van der Waals surface area contributed by atoms with Gasteiger partial charge in [-0.2, -0.15) is 0 Å². The summed E-state index contributed by atoms with van der Waals surface area (Å²) in [5.41, 5.74) is 8.09. The number of aromatic nitrogens is 2. The molecule has 4 rings (SSSR count). The van der Waals surface area contributed by atoms with E-state index in [4.69, 9.17) is 5.11 Å². The number of rotatable bonds is 7. The Bertz CT molecular complexity index is 943. The number of pyridine rings is 1. The highest BCUT2D eigenvalue weighted by atomic mass is 16.2. The van der Waals surface area contributed by atoms with E-state index in [1.807, 2.05) is 13.1 Å². The van der Waals surface area contributed by atoms with E-state index in [0.717, 1.165) is 57.6 Å². The lowest BCUT2D eigenvalue weighted by Crippen LogP contribution is -2.32. The van der Waals surface area contributed by atoms with E-state index in [9.17, 15) is 0 Å². The van der Waals surface area contributed by atoms with Crippen molar-refractivity contribution in [1.29, 1.82) is 0 Å². The van der Waals surface area contributed by atoms with Gasteiger partial charge in [0, 0.05) is 54.7 Å². The maximum absolute atomic E-state index is 9.09. The molecular weight excluding hydrogens is 346 g/mol. The minimum Gasteiger partial charge on any atom is -0.396 e. The summed E-state index contributed by atoms with van der Waals surface area (Å²) in [4.78, 5) is 7.01. The Hall–Kier alpha value is -2.17. The van der Waals surface area contributed by atoms with Gasteiger partial charge in [-0.3, -0.25) is 9.88 Å². The van der Waals surface area contributed by atoms with Crippen molar-refractivity contribution >= 4 is 10.9 Å². The lowest BCUT2D eigenvalue weighted by molar-refractivity contribution is 0.224. The van der Waals surface area contributed by atoms with Gasteiger partial charge in [-0.25, -0.2) is 0 Å². The molecule has 4 heteroatoms. The zero-order valence-electron chi connectivity index (χ0n) is 17.1. The second-order valence-electron chi connectivity index (χ2n) is 8.11. The number of aliphatic hydroxyl groups is 1. The first-order valence-electron chi connectivity index (χ1n) is 10.5. The van der Waals surface area contributed by atoms with Gasteiger partial charge in [0.15, 0.2) is 0 Å². The summed E-state index contributed by atoms with van der Waals surface area (Å²) in [5, 5.41) is 10.5. The number of hydrogen-bond donors (Lipinski definition) is 1. The number of fused-ring (bicyclic) bond motifs is 3. The van der Waals surface area contributed by atoms with Gasteiger partial charge in [-0.15, -0.1) is 0 Å². The van der Waals surface area contributed by atoms with Crippen LogP contribution in [0.1, 0.15) is 40.9 Å². The molecule has 1 N–H and O–H groups in total. The van der Waals surface area contributed by atoms with Crippen LogP contribution in [-0.2, 0) is 25.9 Å². The van der Waals surface area contributed by atoms with E-state index in [2.05, 4.69) is 51.7 Å². The standard InChI is InChI=1S/C24H31N3O/c1-18-5-8-23-22(15-18)21-10-12-26(11-3-4-14-28)17-24(21)27(23)13-9-20-7-6-19(2)25-16-20/h5-8,15-16,28H,3-4,9-14,17H2,1-2H3. The molecule has 4 nitrogen and oxygen atoms in total. The van der Waals surface area contributed by atoms with Crippen LogP contribution in [0, 0.1) is 13.8 Å². The lowest BCUT2D eigenvalue weighted by atomic mass is 10.0. The molecule has 0 unspecified atom stereocenters. The van der Waals surface area contributed by atoms with Gasteiger partial charge in [0.1, 0.15) is 0 Å². The first kappa shape index (κ1) is 19.2. The topological polar surface area (TPSA) is 41.3 Å². The molecule has 0 aliphatic carbocycles. The highest BCUT2D eigenvalue weighted by Gasteiger charge is 2.23. The van der Waals surface area contributed by atoms with Crippen molar-refractivity contribution in [3.63, 3.8) is 0 Å². The third kappa shape index (κ3) is 3.98. The van der Waals surface area contributed by atoms with Crippen LogP contribution in [-0.4, -0.2) is 39.3 Å². The molecule has 0 bridgehead atoms. The monoisotopic (exact) mass is 377 g/mol. The average molecular weight is 378 g/mol. The van der Waals surface area contributed by atoms with E-state index in [0.29, 0.717) is 6.61 Å². The second-order valence-corrected chi connectivity index (χ2v) is 8.11. The van der Waals surface area contributed by atoms with Crippen molar-refractivity contribution in [3.8, 4) is 0 Å². The summed E-state index contributed by atoms with van der Waals surface area (Å²) in [5.74, 6) is 0. The van der Waals surface area contributed by atoms with Gasteiger partial charge in [0.05, 0.1) is 0 Å². The fourth-order valence-electron chi connectivity index (χ4n) is 4.39. The Kier molecular flexibility index (Phi) is 5.79. The van der Waals surface area contributed by atoms with Crippen LogP contribution < -0.4 is 0 Å². The van der Waals surface area contributed by atoms with Gasteiger partial charge in [-0.05, 0) is 75.4 Å². The highest BCUT2D eigenvalue weighted by molar-refractivity contribution is 5.86. The fraction of sp³-hybridized carbons (Fsp3) is 0.458. The SMILES string of the molecule is Cc1ccc2c(c1)c1c(n2CCc2ccc(C)nc2)CN(CCCCO)CC1. The van der Waals surface area contributed by atoms with Crippen molar-refractivity contribution in [2.45, 2.75) is 52.6 Å². The number of benzene rings is 1. The predicted molar refractivity (Wildman–Crippen MR) is 115 cm³/mol. The Balaban J connectivity index is 1.62. The summed E-state index contributed by atoms with van der Waals surface area (Å²) in [6, 6.07) is 11.2. The lowest BCUT2D eigenvalue weighted by Gasteiger charge is -2.28. The van der Waals surface area contributed by atoms with E-state index in [-0.39, 0.29) is 0 Å². The molecule has 0 saturated heterocycles. The Morgan fingerprint density at radius 1 is 1.07 bits per heavy atom. The van der Waals surface area contributed by atoms with Gasteiger partial charge in [0.2, 0.25) is 0 Å². The molecule has 0 amide bonds. The smallest absolute Gasteiger partial charge is 0.0486 e. The van der Waals surface area contributed by atoms with E-state index >= 15 is 0 Å². The van der Waals surface area contributed by atoms with Crippen molar-refractivity contribution in [2.75, 3.05) is 19.7 Å². The molecule has 2 aromatic heterocycles. The number of aryl methyl sites for hydroxylation is 4. The maximum atomic E-state index is 9.09. The van der Waals surface area contributed by atoms with Crippen LogP contribution in [0.25, 0.3) is 10.9 Å². The van der Waals surface area contributed by atoms with Gasteiger partial charge < -0.3 is 9.67 Å². The summed E-state index contributed by atoms with van der Waals surface area (Å²) in [7, 11) is 0. The number of unbranched alkanes of at least 4 members (excludes halogenated alkanes) is 1. The van der Waals surface area contributed by atoms with Crippen molar-refractivity contribution in [1.82, 2.24) is 14.5 Å². The molecule has 1 aliphatic rings. The first-order chi connectivity index (χ1) is 13.7. The van der Waals surface area contributed by atoms with Crippen molar-refractivity contribution in [3.05, 3.63) is 64.6 Å². The molecule has 1 aromatic carbocycles. The molecule has 3 aromatic rings. The number of nitrogens with zero attached hydrogens (tertiary/aromatic N) is 3. The van der Waals surface area contributed by atoms with Gasteiger partial charge >= 0.3 is 0 Å².